The third-order valence-electron chi connectivity index (χ3n) is 0.689. The second-order valence-corrected chi connectivity index (χ2v) is 1.50. The molecule has 0 heterocycles. The van der Waals surface area contributed by atoms with Crippen molar-refractivity contribution in [2.75, 3.05) is 0 Å². The fraction of sp³-hybridized carbons (Fsp3) is 0.500. The average molecular weight is 219 g/mol. The second-order valence-electron chi connectivity index (χ2n) is 1.50. The van der Waals surface area contributed by atoms with Crippen LogP contribution in [0.25, 0.3) is 0 Å². The van der Waals surface area contributed by atoms with Gasteiger partial charge in [0.05, 0.1) is 5.97 Å². The number of carboxylic acid groups (broad SMARTS) is 2. The molecular formula is C4H5NO4Sr. The Morgan fingerprint density at radius 2 is 1.80 bits per heavy atom. The average Bonchev–Trinajstić information content (AvgIpc) is 1.63. The summed E-state index contributed by atoms with van der Waals surface area (Å²) in [5.41, 5.74) is 4.73. The van der Waals surface area contributed by atoms with Crippen LogP contribution in [0, 0.1) is 0 Å². The summed E-state index contributed by atoms with van der Waals surface area (Å²) in [6.45, 7) is 0. The van der Waals surface area contributed by atoms with E-state index in [-0.39, 0.29) is 45.5 Å². The fourth-order valence-corrected chi connectivity index (χ4v) is 0.263. The van der Waals surface area contributed by atoms with Gasteiger partial charge in [-0.2, -0.15) is 0 Å². The van der Waals surface area contributed by atoms with Crippen molar-refractivity contribution in [3.63, 3.8) is 0 Å². The second kappa shape index (κ2) is 6.11. The minimum Gasteiger partial charge on any atom is -0.550 e. The van der Waals surface area contributed by atoms with Crippen molar-refractivity contribution in [3.05, 3.63) is 0 Å². The van der Waals surface area contributed by atoms with Crippen molar-refractivity contribution >= 4 is 57.4 Å². The van der Waals surface area contributed by atoms with Crippen LogP contribution >= 0.6 is 0 Å². The van der Waals surface area contributed by atoms with E-state index in [1.807, 2.05) is 0 Å². The van der Waals surface area contributed by atoms with Gasteiger partial charge in [-0.25, -0.2) is 0 Å². The Morgan fingerprint density at radius 3 is 1.90 bits per heavy atom. The molecule has 2 N–H and O–H groups in total. The zero-order valence-electron chi connectivity index (χ0n) is 5.20. The molecule has 0 unspecified atom stereocenters. The first-order chi connectivity index (χ1) is 4.04. The van der Waals surface area contributed by atoms with E-state index in [2.05, 4.69) is 0 Å². The molecule has 0 amide bonds. The van der Waals surface area contributed by atoms with Crippen molar-refractivity contribution in [1.29, 1.82) is 0 Å². The van der Waals surface area contributed by atoms with Gasteiger partial charge in [0.1, 0.15) is 0 Å². The Bertz CT molecular complexity index is 137. The van der Waals surface area contributed by atoms with E-state index in [1.165, 1.54) is 0 Å². The summed E-state index contributed by atoms with van der Waals surface area (Å²) in [6, 6.07) is -1.46. The molecule has 0 aromatic rings. The van der Waals surface area contributed by atoms with E-state index in [1.54, 1.807) is 0 Å². The van der Waals surface area contributed by atoms with Crippen molar-refractivity contribution in [3.8, 4) is 0 Å². The normalized spacial score (nSPS) is 11.3. The van der Waals surface area contributed by atoms with Crippen LogP contribution < -0.4 is 15.9 Å². The largest absolute Gasteiger partial charge is 2.00 e. The number of hydrogen-bond donors (Lipinski definition) is 1. The first-order valence-electron chi connectivity index (χ1n) is 2.20. The zero-order chi connectivity index (χ0) is 7.44. The predicted molar refractivity (Wildman–Crippen MR) is 28.4 cm³/mol. The molecule has 0 aromatic heterocycles. The SMILES string of the molecule is N[C@@H](CC(=O)[O-])C(=O)[O-].[Sr+2]. The molecule has 0 aliphatic heterocycles. The molecule has 0 aliphatic carbocycles. The number of aliphatic carboxylic acids is 2. The molecule has 10 heavy (non-hydrogen) atoms. The number of hydrogen-bond acceptors (Lipinski definition) is 5. The molecule has 1 atom stereocenters. The van der Waals surface area contributed by atoms with Crippen molar-refractivity contribution in [1.82, 2.24) is 0 Å². The van der Waals surface area contributed by atoms with Gasteiger partial charge in [-0.1, -0.05) is 0 Å². The summed E-state index contributed by atoms with van der Waals surface area (Å²) >= 11 is 0. The van der Waals surface area contributed by atoms with Crippen LogP contribution in [0.4, 0.5) is 0 Å². The maximum Gasteiger partial charge on any atom is 2.00 e. The molecule has 0 rings (SSSR count). The summed E-state index contributed by atoms with van der Waals surface area (Å²) in [5.74, 6) is -3.08. The molecule has 0 aliphatic rings. The Balaban J connectivity index is 0. The summed E-state index contributed by atoms with van der Waals surface area (Å²) < 4.78 is 0. The minimum absolute atomic E-state index is 0. The quantitative estimate of drug-likeness (QED) is 0.484. The van der Waals surface area contributed by atoms with Crippen LogP contribution in [0.3, 0.4) is 0 Å². The predicted octanol–water partition coefficient (Wildman–Crippen LogP) is -4.18. The molecule has 0 spiro atoms. The Hall–Kier alpha value is 0.381. The van der Waals surface area contributed by atoms with Crippen LogP contribution in [-0.4, -0.2) is 63.5 Å². The number of carbonyl (C=O) groups is 2. The van der Waals surface area contributed by atoms with Crippen LogP contribution in [0.1, 0.15) is 6.42 Å². The molecule has 0 fully saturated rings. The van der Waals surface area contributed by atoms with Crippen molar-refractivity contribution < 1.29 is 19.8 Å². The molecular weight excluding hydrogens is 214 g/mol. The van der Waals surface area contributed by atoms with Crippen LogP contribution in [0.5, 0.6) is 0 Å². The van der Waals surface area contributed by atoms with Gasteiger partial charge in [0.2, 0.25) is 0 Å². The molecule has 0 saturated carbocycles. The standard InChI is InChI=1S/C4H7NO4.Sr/c5-2(4(8)9)1-3(6)7;/h2H,1,5H2,(H,6,7)(H,8,9);/q;+2/p-2/t2-;/m0./s1. The number of carbonyl (C=O) groups excluding carboxylic acids is 2. The monoisotopic (exact) mass is 219 g/mol. The van der Waals surface area contributed by atoms with Gasteiger partial charge in [-0.15, -0.1) is 0 Å². The minimum atomic E-state index is -1.58. The van der Waals surface area contributed by atoms with Gasteiger partial charge in [-0.05, 0) is 0 Å². The molecule has 0 aromatic carbocycles. The van der Waals surface area contributed by atoms with E-state index in [4.69, 9.17) is 5.73 Å². The molecule has 0 saturated heterocycles. The number of rotatable bonds is 3. The van der Waals surface area contributed by atoms with E-state index >= 15 is 0 Å². The Kier molecular flexibility index (Phi) is 7.95. The van der Waals surface area contributed by atoms with E-state index in [0.29, 0.717) is 0 Å². The van der Waals surface area contributed by atoms with Gasteiger partial charge in [0.15, 0.2) is 0 Å². The Morgan fingerprint density at radius 1 is 1.40 bits per heavy atom. The Labute approximate surface area is 94.5 Å². The van der Waals surface area contributed by atoms with Gasteiger partial charge < -0.3 is 25.5 Å². The van der Waals surface area contributed by atoms with Crippen LogP contribution in [0.2, 0.25) is 0 Å². The molecule has 52 valence electrons. The first kappa shape index (κ1) is 13.0. The molecule has 0 radical (unpaired) electrons. The first-order valence-corrected chi connectivity index (χ1v) is 2.20. The molecule has 6 heteroatoms. The summed E-state index contributed by atoms with van der Waals surface area (Å²) in [5, 5.41) is 19.3. The summed E-state index contributed by atoms with van der Waals surface area (Å²) in [7, 11) is 0. The smallest absolute Gasteiger partial charge is 0.550 e. The molecule has 0 bridgehead atoms. The maximum absolute atomic E-state index is 9.71. The molecule has 5 nitrogen and oxygen atoms in total. The van der Waals surface area contributed by atoms with E-state index in [9.17, 15) is 19.8 Å². The summed E-state index contributed by atoms with van der Waals surface area (Å²) in [6.07, 6.45) is -0.706. The van der Waals surface area contributed by atoms with Crippen molar-refractivity contribution in [2.24, 2.45) is 5.73 Å². The maximum atomic E-state index is 9.71. The van der Waals surface area contributed by atoms with Crippen molar-refractivity contribution in [2.45, 2.75) is 12.5 Å². The zero-order valence-corrected chi connectivity index (χ0v) is 8.68. The third kappa shape index (κ3) is 6.50. The fourth-order valence-electron chi connectivity index (χ4n) is 0.263. The number of nitrogens with two attached hydrogens (primary N) is 1. The van der Waals surface area contributed by atoms with Gasteiger partial charge in [0.25, 0.3) is 0 Å². The van der Waals surface area contributed by atoms with Crippen LogP contribution in [0.15, 0.2) is 0 Å². The third-order valence-corrected chi connectivity index (χ3v) is 0.689. The van der Waals surface area contributed by atoms with E-state index < -0.39 is 24.4 Å². The van der Waals surface area contributed by atoms with Gasteiger partial charge >= 0.3 is 45.5 Å². The van der Waals surface area contributed by atoms with Gasteiger partial charge in [0, 0.05) is 18.4 Å². The van der Waals surface area contributed by atoms with E-state index in [0.717, 1.165) is 0 Å². The summed E-state index contributed by atoms with van der Waals surface area (Å²) in [4.78, 5) is 19.3. The number of carboxylic acids is 2. The van der Waals surface area contributed by atoms with Crippen LogP contribution in [-0.2, 0) is 9.59 Å². The topological polar surface area (TPSA) is 106 Å². The van der Waals surface area contributed by atoms with Gasteiger partial charge in [-0.3, -0.25) is 0 Å².